The van der Waals surface area contributed by atoms with E-state index >= 15 is 0 Å². The molecule has 0 radical (unpaired) electrons. The van der Waals surface area contributed by atoms with Crippen molar-refractivity contribution in [2.75, 3.05) is 11.5 Å². The van der Waals surface area contributed by atoms with Crippen LogP contribution in [0, 0.1) is 0 Å². The Bertz CT molecular complexity index is 1420. The normalized spacial score (nSPS) is 11.3. The number of carboxylic acid groups (broad SMARTS) is 2. The molecule has 4 aromatic carbocycles. The van der Waals surface area contributed by atoms with Gasteiger partial charge in [-0.05, 0) is 0 Å². The van der Waals surface area contributed by atoms with E-state index in [4.69, 9.17) is 11.5 Å². The average molecular weight is 638 g/mol. The molecule has 38 heavy (non-hydrogen) atoms. The van der Waals surface area contributed by atoms with E-state index in [2.05, 4.69) is 20.5 Å². The number of hydrogen-bond donors (Lipinski definition) is 4. The topological polar surface area (TPSA) is 176 Å². The quantitative estimate of drug-likeness (QED) is 0.120. The molecule has 10 nitrogen and oxygen atoms in total. The minimum absolute atomic E-state index is 0.00559. The Morgan fingerprint density at radius 2 is 0.842 bits per heavy atom. The van der Waals surface area contributed by atoms with Gasteiger partial charge in [-0.3, -0.25) is 0 Å². The zero-order valence-electron chi connectivity index (χ0n) is 19.6. The van der Waals surface area contributed by atoms with Crippen molar-refractivity contribution < 1.29 is 19.8 Å². The number of nitrogens with two attached hydrogens (primary N) is 2. The predicted octanol–water partition coefficient (Wildman–Crippen LogP) is 4.35. The predicted molar refractivity (Wildman–Crippen MR) is 148 cm³/mol. The molecule has 4 aromatic rings. The molecule has 6 N–H and O–H groups in total. The summed E-state index contributed by atoms with van der Waals surface area (Å²) >= 11 is 0.520. The van der Waals surface area contributed by atoms with Crippen LogP contribution in [-0.4, -0.2) is 48.4 Å². The number of benzene rings is 4. The molecule has 0 bridgehead atoms. The number of carbonyl (C=O) groups is 2. The van der Waals surface area contributed by atoms with E-state index in [1.54, 1.807) is 12.1 Å². The first-order chi connectivity index (χ1) is 18.3. The van der Waals surface area contributed by atoms with Crippen molar-refractivity contribution in [2.24, 2.45) is 20.5 Å². The van der Waals surface area contributed by atoms with Gasteiger partial charge < -0.3 is 0 Å². The standard InChI is InChI=1S/C26H20N6O4Se2/c27-23-11-5-17(13-21(23)25(33)34)31-29-15-1-7-19(8-2-15)37-38-20-9-3-16(4-10-20)30-32-18-6-12-24(28)22(14-18)26(35)36/h1-14H,27-28H2,(H,33,34)(H,35,36). The molecule has 190 valence electrons. The number of nitrogen functional groups attached to an aromatic ring is 2. The Labute approximate surface area is 228 Å². The summed E-state index contributed by atoms with van der Waals surface area (Å²) < 4.78 is 2.44. The average Bonchev–Trinajstić information content (AvgIpc) is 2.92. The third-order valence-corrected chi connectivity index (χ3v) is 12.2. The number of carboxylic acids is 2. The summed E-state index contributed by atoms with van der Waals surface area (Å²) in [5.41, 5.74) is 13.8. The molecule has 0 unspecified atom stereocenters. The van der Waals surface area contributed by atoms with Gasteiger partial charge in [0.1, 0.15) is 0 Å². The van der Waals surface area contributed by atoms with Crippen LogP contribution in [0.4, 0.5) is 34.1 Å². The van der Waals surface area contributed by atoms with Crippen LogP contribution in [0.5, 0.6) is 0 Å². The molecule has 0 aliphatic rings. The first-order valence-corrected chi connectivity index (χ1v) is 17.0. The molecule has 0 amide bonds. The minimum atomic E-state index is -1.11. The number of azo groups is 2. The second kappa shape index (κ2) is 12.3. The Morgan fingerprint density at radius 3 is 1.18 bits per heavy atom. The van der Waals surface area contributed by atoms with E-state index in [1.165, 1.54) is 33.2 Å². The van der Waals surface area contributed by atoms with Gasteiger partial charge in [-0.15, -0.1) is 0 Å². The number of hydrogen-bond acceptors (Lipinski definition) is 8. The second-order valence-corrected chi connectivity index (χ2v) is 14.0. The van der Waals surface area contributed by atoms with Crippen LogP contribution >= 0.6 is 0 Å². The summed E-state index contributed by atoms with van der Waals surface area (Å²) in [6.07, 6.45) is 0. The van der Waals surface area contributed by atoms with E-state index < -0.39 is 11.9 Å². The molecule has 0 saturated heterocycles. The van der Waals surface area contributed by atoms with Crippen molar-refractivity contribution in [1.82, 2.24) is 0 Å². The fraction of sp³-hybridized carbons (Fsp3) is 0. The molecule has 0 saturated carbocycles. The summed E-state index contributed by atoms with van der Waals surface area (Å²) in [5, 5.41) is 34.9. The van der Waals surface area contributed by atoms with E-state index in [0.29, 0.717) is 22.7 Å². The maximum absolute atomic E-state index is 11.2. The van der Waals surface area contributed by atoms with Crippen molar-refractivity contribution in [3.63, 3.8) is 0 Å². The van der Waals surface area contributed by atoms with E-state index in [1.807, 2.05) is 48.5 Å². The van der Waals surface area contributed by atoms with Crippen LogP contribution in [0.3, 0.4) is 0 Å². The molecule has 0 spiro atoms. The number of anilines is 2. The molecule has 4 rings (SSSR count). The summed E-state index contributed by atoms with van der Waals surface area (Å²) in [6.45, 7) is 0. The fourth-order valence-corrected chi connectivity index (χ4v) is 9.01. The van der Waals surface area contributed by atoms with Crippen LogP contribution < -0.4 is 20.4 Å². The molecule has 0 fully saturated rings. The van der Waals surface area contributed by atoms with Gasteiger partial charge in [-0.2, -0.15) is 0 Å². The zero-order chi connectivity index (χ0) is 27.1. The van der Waals surface area contributed by atoms with Gasteiger partial charge in [0.2, 0.25) is 0 Å². The first-order valence-electron chi connectivity index (χ1n) is 10.9. The SMILES string of the molecule is Nc1ccc(N=Nc2ccc([Se][Se]c3ccc(N=Nc4ccc(N)c(C(=O)O)c4)cc3)cc2)cc1C(=O)O. The van der Waals surface area contributed by atoms with Gasteiger partial charge in [-0.1, -0.05) is 0 Å². The first kappa shape index (κ1) is 26.7. The van der Waals surface area contributed by atoms with Crippen molar-refractivity contribution in [3.8, 4) is 0 Å². The van der Waals surface area contributed by atoms with Crippen molar-refractivity contribution >= 4 is 81.2 Å². The van der Waals surface area contributed by atoms with E-state index in [0.717, 1.165) is 0 Å². The van der Waals surface area contributed by atoms with Crippen LogP contribution in [-0.2, 0) is 0 Å². The molecular weight excluding hydrogens is 618 g/mol. The third-order valence-electron chi connectivity index (χ3n) is 5.00. The number of rotatable bonds is 9. The fourth-order valence-electron chi connectivity index (χ4n) is 3.05. The molecule has 0 aromatic heterocycles. The monoisotopic (exact) mass is 640 g/mol. The van der Waals surface area contributed by atoms with Gasteiger partial charge in [0.05, 0.1) is 0 Å². The van der Waals surface area contributed by atoms with Crippen LogP contribution in [0.15, 0.2) is 105 Å². The summed E-state index contributed by atoms with van der Waals surface area (Å²) in [6, 6.07) is 24.6. The van der Waals surface area contributed by atoms with Crippen molar-refractivity contribution in [3.05, 3.63) is 96.1 Å². The van der Waals surface area contributed by atoms with Crippen LogP contribution in [0.25, 0.3) is 0 Å². The number of aromatic carboxylic acids is 2. The summed E-state index contributed by atoms with van der Waals surface area (Å²) in [7, 11) is 0. The van der Waals surface area contributed by atoms with Crippen LogP contribution in [0.2, 0.25) is 0 Å². The van der Waals surface area contributed by atoms with E-state index in [9.17, 15) is 19.8 Å². The molecule has 0 aliphatic heterocycles. The number of nitrogens with zero attached hydrogens (tertiary/aromatic N) is 4. The zero-order valence-corrected chi connectivity index (χ0v) is 23.0. The van der Waals surface area contributed by atoms with Crippen molar-refractivity contribution in [2.45, 2.75) is 0 Å². The summed E-state index contributed by atoms with van der Waals surface area (Å²) in [5.74, 6) is -2.22. The second-order valence-electron chi connectivity index (χ2n) is 7.71. The van der Waals surface area contributed by atoms with Gasteiger partial charge in [0.15, 0.2) is 0 Å². The van der Waals surface area contributed by atoms with Gasteiger partial charge >= 0.3 is 229 Å². The van der Waals surface area contributed by atoms with E-state index in [-0.39, 0.29) is 48.8 Å². The Morgan fingerprint density at radius 1 is 0.526 bits per heavy atom. The van der Waals surface area contributed by atoms with Gasteiger partial charge in [0.25, 0.3) is 0 Å². The molecule has 0 aliphatic carbocycles. The Balaban J connectivity index is 1.32. The molecule has 0 heterocycles. The maximum atomic E-state index is 11.2. The third kappa shape index (κ3) is 7.12. The Hall–Kier alpha value is -4.34. The van der Waals surface area contributed by atoms with Crippen molar-refractivity contribution in [1.29, 1.82) is 0 Å². The van der Waals surface area contributed by atoms with Gasteiger partial charge in [0, 0.05) is 0 Å². The molecule has 12 heteroatoms. The molecular formula is C26H20N6O4Se2. The van der Waals surface area contributed by atoms with Crippen LogP contribution in [0.1, 0.15) is 20.7 Å². The molecule has 0 atom stereocenters. The Kier molecular flexibility index (Phi) is 8.62. The van der Waals surface area contributed by atoms with Gasteiger partial charge in [-0.25, -0.2) is 0 Å². The summed E-state index contributed by atoms with van der Waals surface area (Å²) in [4.78, 5) is 22.4.